The lowest BCUT2D eigenvalue weighted by molar-refractivity contribution is -0.131. The van der Waals surface area contributed by atoms with Crippen molar-refractivity contribution in [1.29, 1.82) is 0 Å². The summed E-state index contributed by atoms with van der Waals surface area (Å²) in [5, 5.41) is 11.8. The third-order valence-electron chi connectivity index (χ3n) is 5.70. The first kappa shape index (κ1) is 19.7. The Morgan fingerprint density at radius 2 is 1.69 bits per heavy atom. The quantitative estimate of drug-likeness (QED) is 0.476. The number of anilines is 1. The van der Waals surface area contributed by atoms with Crippen LogP contribution in [0, 0.1) is 0 Å². The summed E-state index contributed by atoms with van der Waals surface area (Å²) in [5.74, 6) is -1.76. The molecule has 0 saturated heterocycles. The van der Waals surface area contributed by atoms with E-state index in [4.69, 9.17) is 0 Å². The number of likely N-dealkylation sites (N-methyl/N-ethyl adjacent to an activating group) is 1. The topological polar surface area (TPSA) is 70.5 Å². The van der Waals surface area contributed by atoms with Crippen molar-refractivity contribution in [2.75, 3.05) is 11.4 Å². The number of carbonyl (C=O) groups is 2. The minimum Gasteiger partial charge on any atom is -0.506 e. The maximum absolute atomic E-state index is 12.7. The number of nitrogens with zero attached hydrogens (tertiary/aromatic N) is 2. The van der Waals surface area contributed by atoms with Crippen LogP contribution in [0.2, 0.25) is 0 Å². The van der Waals surface area contributed by atoms with Gasteiger partial charge in [-0.2, -0.15) is 0 Å². The van der Waals surface area contributed by atoms with Crippen molar-refractivity contribution in [2.24, 2.45) is 0 Å². The third kappa shape index (κ3) is 3.24. The molecule has 0 amide bonds. The number of rotatable bonds is 3. The molecule has 5 heteroatoms. The van der Waals surface area contributed by atoms with Crippen LogP contribution in [0.1, 0.15) is 18.2 Å². The SMILES string of the molecule is CCN1/C(=C\C2=C(O)C(=C/c3ccc4ccccc4n3)/C(=O)C2=O)C=Cc2ccccc21. The molecular weight excluding hydrogens is 400 g/mol. The molecule has 5 rings (SSSR count). The summed E-state index contributed by atoms with van der Waals surface area (Å²) in [4.78, 5) is 32.0. The lowest BCUT2D eigenvalue weighted by atomic mass is 10.0. The molecule has 1 aromatic heterocycles. The summed E-state index contributed by atoms with van der Waals surface area (Å²) in [6.45, 7) is 2.68. The third-order valence-corrected chi connectivity index (χ3v) is 5.70. The molecule has 0 unspecified atom stereocenters. The number of allylic oxidation sites excluding steroid dienone is 4. The Kier molecular flexibility index (Phi) is 4.79. The summed E-state index contributed by atoms with van der Waals surface area (Å²) >= 11 is 0. The van der Waals surface area contributed by atoms with Gasteiger partial charge in [0.2, 0.25) is 11.6 Å². The van der Waals surface area contributed by atoms with Gasteiger partial charge in [-0.3, -0.25) is 9.59 Å². The Hall–Kier alpha value is -4.25. The van der Waals surface area contributed by atoms with Crippen molar-refractivity contribution in [2.45, 2.75) is 6.92 Å². The van der Waals surface area contributed by atoms with Gasteiger partial charge in [-0.25, -0.2) is 4.98 Å². The molecule has 32 heavy (non-hydrogen) atoms. The molecule has 5 nitrogen and oxygen atoms in total. The average Bonchev–Trinajstić information content (AvgIpc) is 3.02. The number of ketones is 2. The molecular formula is C27H20N2O3. The largest absolute Gasteiger partial charge is 0.506 e. The fourth-order valence-corrected chi connectivity index (χ4v) is 4.09. The average molecular weight is 420 g/mol. The highest BCUT2D eigenvalue weighted by molar-refractivity contribution is 6.54. The van der Waals surface area contributed by atoms with E-state index in [9.17, 15) is 14.7 Å². The first-order chi connectivity index (χ1) is 15.6. The Morgan fingerprint density at radius 1 is 0.906 bits per heavy atom. The first-order valence-corrected chi connectivity index (χ1v) is 10.4. The van der Waals surface area contributed by atoms with E-state index in [2.05, 4.69) is 4.98 Å². The van der Waals surface area contributed by atoms with Gasteiger partial charge in [0.1, 0.15) is 5.76 Å². The van der Waals surface area contributed by atoms with Gasteiger partial charge in [0.15, 0.2) is 0 Å². The highest BCUT2D eigenvalue weighted by atomic mass is 16.3. The van der Waals surface area contributed by atoms with Gasteiger partial charge in [0.05, 0.1) is 22.4 Å². The van der Waals surface area contributed by atoms with Gasteiger partial charge in [-0.1, -0.05) is 48.5 Å². The molecule has 2 aromatic carbocycles. The second-order valence-electron chi connectivity index (χ2n) is 7.61. The van der Waals surface area contributed by atoms with Crippen molar-refractivity contribution in [3.05, 3.63) is 107 Å². The zero-order valence-corrected chi connectivity index (χ0v) is 17.4. The van der Waals surface area contributed by atoms with Crippen molar-refractivity contribution in [3.63, 3.8) is 0 Å². The van der Waals surface area contributed by atoms with Crippen LogP contribution in [0.3, 0.4) is 0 Å². The highest BCUT2D eigenvalue weighted by Gasteiger charge is 2.36. The lowest BCUT2D eigenvalue weighted by Gasteiger charge is -2.29. The van der Waals surface area contributed by atoms with E-state index in [1.807, 2.05) is 78.6 Å². The number of hydrogen-bond donors (Lipinski definition) is 1. The molecule has 0 bridgehead atoms. The number of aromatic nitrogens is 1. The van der Waals surface area contributed by atoms with E-state index in [0.29, 0.717) is 12.2 Å². The molecule has 1 N–H and O–H groups in total. The summed E-state index contributed by atoms with van der Waals surface area (Å²) in [6, 6.07) is 19.2. The molecule has 0 spiro atoms. The number of hydrogen-bond acceptors (Lipinski definition) is 5. The Labute approximate surface area is 185 Å². The van der Waals surface area contributed by atoms with Crippen molar-refractivity contribution in [1.82, 2.24) is 4.98 Å². The standard InChI is InChI=1S/C27H20N2O3/c1-2-29-20(14-12-18-8-4-6-10-24(18)29)16-22-25(30)21(26(31)27(22)32)15-19-13-11-17-7-3-5-9-23(17)28-19/h3-16,30H,2H2,1H3/b20-16-,21-15-. The van der Waals surface area contributed by atoms with Crippen LogP contribution in [0.5, 0.6) is 0 Å². The highest BCUT2D eigenvalue weighted by Crippen LogP contribution is 2.33. The van der Waals surface area contributed by atoms with E-state index in [1.54, 1.807) is 12.1 Å². The number of para-hydroxylation sites is 2. The van der Waals surface area contributed by atoms with Gasteiger partial charge in [-0.05, 0) is 48.9 Å². The predicted octanol–water partition coefficient (Wildman–Crippen LogP) is 5.02. The van der Waals surface area contributed by atoms with Crippen LogP contribution in [0.25, 0.3) is 23.1 Å². The monoisotopic (exact) mass is 420 g/mol. The molecule has 0 atom stereocenters. The normalized spacial score (nSPS) is 18.3. The second kappa shape index (κ2) is 7.78. The molecule has 2 heterocycles. The van der Waals surface area contributed by atoms with Crippen molar-refractivity contribution in [3.8, 4) is 0 Å². The maximum atomic E-state index is 12.7. The molecule has 0 fully saturated rings. The minimum absolute atomic E-state index is 0.000444. The summed E-state index contributed by atoms with van der Waals surface area (Å²) < 4.78 is 0. The number of carbonyl (C=O) groups excluding carboxylic acids is 2. The van der Waals surface area contributed by atoms with Gasteiger partial charge in [-0.15, -0.1) is 0 Å². The number of aliphatic hydroxyl groups is 1. The second-order valence-corrected chi connectivity index (χ2v) is 7.61. The minimum atomic E-state index is -0.729. The van der Waals surface area contributed by atoms with Crippen LogP contribution >= 0.6 is 0 Å². The van der Waals surface area contributed by atoms with Gasteiger partial charge in [0, 0.05) is 23.3 Å². The van der Waals surface area contributed by atoms with Crippen LogP contribution < -0.4 is 4.90 Å². The maximum Gasteiger partial charge on any atom is 0.237 e. The lowest BCUT2D eigenvalue weighted by Crippen LogP contribution is -2.24. The van der Waals surface area contributed by atoms with Crippen molar-refractivity contribution >= 4 is 40.3 Å². The fourth-order valence-electron chi connectivity index (χ4n) is 4.09. The smallest absolute Gasteiger partial charge is 0.237 e. The summed E-state index contributed by atoms with van der Waals surface area (Å²) in [7, 11) is 0. The molecule has 1 aliphatic carbocycles. The molecule has 0 saturated carbocycles. The van der Waals surface area contributed by atoms with E-state index in [-0.39, 0.29) is 16.9 Å². The predicted molar refractivity (Wildman–Crippen MR) is 126 cm³/mol. The Bertz CT molecular complexity index is 1410. The zero-order valence-electron chi connectivity index (χ0n) is 17.4. The van der Waals surface area contributed by atoms with Gasteiger partial charge >= 0.3 is 0 Å². The van der Waals surface area contributed by atoms with E-state index >= 15 is 0 Å². The number of fused-ring (bicyclic) bond motifs is 2. The molecule has 2 aliphatic rings. The summed E-state index contributed by atoms with van der Waals surface area (Å²) in [5.41, 5.74) is 4.06. The fraction of sp³-hybridized carbons (Fsp3) is 0.0741. The van der Waals surface area contributed by atoms with Crippen LogP contribution in [-0.4, -0.2) is 28.2 Å². The van der Waals surface area contributed by atoms with Crippen LogP contribution in [-0.2, 0) is 9.59 Å². The van der Waals surface area contributed by atoms with Crippen molar-refractivity contribution < 1.29 is 14.7 Å². The van der Waals surface area contributed by atoms with E-state index < -0.39 is 11.6 Å². The van der Waals surface area contributed by atoms with Crippen LogP contribution in [0.15, 0.2) is 95.4 Å². The zero-order chi connectivity index (χ0) is 22.2. The Balaban J connectivity index is 1.56. The van der Waals surface area contributed by atoms with Gasteiger partial charge < -0.3 is 10.0 Å². The van der Waals surface area contributed by atoms with E-state index in [1.165, 1.54) is 6.08 Å². The number of aliphatic hydroxyl groups excluding tert-OH is 1. The Morgan fingerprint density at radius 3 is 2.53 bits per heavy atom. The molecule has 3 aromatic rings. The number of pyridine rings is 1. The van der Waals surface area contributed by atoms with Gasteiger partial charge in [0.25, 0.3) is 0 Å². The molecule has 1 aliphatic heterocycles. The molecule has 0 radical (unpaired) electrons. The first-order valence-electron chi connectivity index (χ1n) is 10.4. The van der Waals surface area contributed by atoms with Crippen LogP contribution in [0.4, 0.5) is 5.69 Å². The van der Waals surface area contributed by atoms with E-state index in [0.717, 1.165) is 27.9 Å². The molecule has 156 valence electrons. The number of Topliss-reactive ketones (excluding diaryl/α,β-unsaturated/α-hetero) is 2. The number of benzene rings is 2. The summed E-state index contributed by atoms with van der Waals surface area (Å²) in [6.07, 6.45) is 6.90.